The molecule has 1 saturated carbocycles. The van der Waals surface area contributed by atoms with Crippen molar-refractivity contribution in [3.05, 3.63) is 72.4 Å². The molecule has 2 aromatic heterocycles. The van der Waals surface area contributed by atoms with E-state index >= 15 is 0 Å². The summed E-state index contributed by atoms with van der Waals surface area (Å²) >= 11 is 0. The van der Waals surface area contributed by atoms with Gasteiger partial charge < -0.3 is 5.11 Å². The van der Waals surface area contributed by atoms with Crippen LogP contribution in [-0.4, -0.2) is 25.8 Å². The lowest BCUT2D eigenvalue weighted by Crippen LogP contribution is -2.17. The molecule has 28 heavy (non-hydrogen) atoms. The largest absolute Gasteiger partial charge is 0.478 e. The molecule has 2 aromatic carbocycles. The molecule has 0 amide bonds. The molecule has 0 atom stereocenters. The third kappa shape index (κ3) is 2.85. The molecule has 138 valence electrons. The van der Waals surface area contributed by atoms with Crippen molar-refractivity contribution < 1.29 is 9.90 Å². The van der Waals surface area contributed by atoms with Crippen LogP contribution in [0.4, 0.5) is 0 Å². The Labute approximate surface area is 162 Å². The summed E-state index contributed by atoms with van der Waals surface area (Å²) in [5.74, 6) is -0.952. The van der Waals surface area contributed by atoms with Gasteiger partial charge in [0.25, 0.3) is 0 Å². The summed E-state index contributed by atoms with van der Waals surface area (Å²) in [6.07, 6.45) is 4.95. The Balaban J connectivity index is 1.61. The van der Waals surface area contributed by atoms with Crippen LogP contribution in [0.25, 0.3) is 33.4 Å². The summed E-state index contributed by atoms with van der Waals surface area (Å²) in [6, 6.07) is 20.2. The second-order valence-corrected chi connectivity index (χ2v) is 7.23. The predicted molar refractivity (Wildman–Crippen MR) is 108 cm³/mol. The molecule has 0 spiro atoms. The van der Waals surface area contributed by atoms with Crippen molar-refractivity contribution >= 4 is 16.9 Å². The SMILES string of the molecule is O=C(O)c1cn(C2CCC2)nc1-c1ccc2ccc(-c3ccccc3)nc2c1. The van der Waals surface area contributed by atoms with Gasteiger partial charge in [-0.3, -0.25) is 4.68 Å². The lowest BCUT2D eigenvalue weighted by Gasteiger charge is -2.25. The standard InChI is InChI=1S/C23H19N3O2/c27-23(28)19-14-26(18-7-4-8-18)25-22(19)17-10-9-16-11-12-20(24-21(16)13-17)15-5-2-1-3-6-15/h1-3,5-6,9-14,18H,4,7-8H2,(H,27,28). The number of benzene rings is 2. The van der Waals surface area contributed by atoms with Crippen molar-refractivity contribution in [3.63, 3.8) is 0 Å². The third-order valence-corrected chi connectivity index (χ3v) is 5.45. The van der Waals surface area contributed by atoms with Crippen LogP contribution in [0, 0.1) is 0 Å². The van der Waals surface area contributed by atoms with E-state index in [1.165, 1.54) is 6.42 Å². The van der Waals surface area contributed by atoms with Gasteiger partial charge >= 0.3 is 5.97 Å². The van der Waals surface area contributed by atoms with Gasteiger partial charge in [0.1, 0.15) is 11.3 Å². The Kier molecular flexibility index (Phi) is 3.93. The van der Waals surface area contributed by atoms with E-state index in [1.54, 1.807) is 6.20 Å². The maximum atomic E-state index is 11.8. The number of aromatic carboxylic acids is 1. The van der Waals surface area contributed by atoms with E-state index in [0.717, 1.165) is 40.6 Å². The van der Waals surface area contributed by atoms with Crippen LogP contribution in [-0.2, 0) is 0 Å². The average molecular weight is 369 g/mol. The van der Waals surface area contributed by atoms with Gasteiger partial charge in [0.05, 0.1) is 17.3 Å². The lowest BCUT2D eigenvalue weighted by atomic mass is 9.93. The molecule has 0 radical (unpaired) electrons. The summed E-state index contributed by atoms with van der Waals surface area (Å²) in [6.45, 7) is 0. The van der Waals surface area contributed by atoms with E-state index in [1.807, 2.05) is 65.3 Å². The maximum absolute atomic E-state index is 11.8. The summed E-state index contributed by atoms with van der Waals surface area (Å²) in [4.78, 5) is 16.6. The summed E-state index contributed by atoms with van der Waals surface area (Å²) < 4.78 is 1.82. The average Bonchev–Trinajstić information content (AvgIpc) is 3.11. The number of hydrogen-bond donors (Lipinski definition) is 1. The molecule has 0 aliphatic heterocycles. The molecule has 1 N–H and O–H groups in total. The molecule has 0 unspecified atom stereocenters. The van der Waals surface area contributed by atoms with Crippen molar-refractivity contribution in [1.29, 1.82) is 0 Å². The Morgan fingerprint density at radius 2 is 1.79 bits per heavy atom. The fraction of sp³-hybridized carbons (Fsp3) is 0.174. The van der Waals surface area contributed by atoms with E-state index < -0.39 is 5.97 Å². The zero-order valence-corrected chi connectivity index (χ0v) is 15.2. The predicted octanol–water partition coefficient (Wildman–Crippen LogP) is 5.19. The van der Waals surface area contributed by atoms with E-state index in [0.29, 0.717) is 11.7 Å². The molecule has 5 nitrogen and oxygen atoms in total. The highest BCUT2D eigenvalue weighted by atomic mass is 16.4. The second kappa shape index (κ2) is 6.60. The zero-order valence-electron chi connectivity index (χ0n) is 15.2. The second-order valence-electron chi connectivity index (χ2n) is 7.23. The molecule has 5 heteroatoms. The van der Waals surface area contributed by atoms with Gasteiger partial charge in [0.2, 0.25) is 0 Å². The Hall–Kier alpha value is -3.47. The van der Waals surface area contributed by atoms with Gasteiger partial charge in [-0.05, 0) is 31.4 Å². The zero-order chi connectivity index (χ0) is 19.1. The Morgan fingerprint density at radius 3 is 2.50 bits per heavy atom. The van der Waals surface area contributed by atoms with Gasteiger partial charge in [-0.15, -0.1) is 0 Å². The summed E-state index contributed by atoms with van der Waals surface area (Å²) in [5.41, 5.74) is 4.30. The van der Waals surface area contributed by atoms with E-state index in [4.69, 9.17) is 4.98 Å². The minimum atomic E-state index is -0.952. The van der Waals surface area contributed by atoms with Crippen LogP contribution in [0.5, 0.6) is 0 Å². The van der Waals surface area contributed by atoms with Gasteiger partial charge in [-0.25, -0.2) is 9.78 Å². The number of aromatic nitrogens is 3. The van der Waals surface area contributed by atoms with E-state index in [2.05, 4.69) is 5.10 Å². The fourth-order valence-corrected chi connectivity index (χ4v) is 3.63. The number of carboxylic acids is 1. The first kappa shape index (κ1) is 16.7. The number of carboxylic acid groups (broad SMARTS) is 1. The van der Waals surface area contributed by atoms with E-state index in [-0.39, 0.29) is 5.56 Å². The van der Waals surface area contributed by atoms with Crippen molar-refractivity contribution in [2.75, 3.05) is 0 Å². The molecule has 5 rings (SSSR count). The van der Waals surface area contributed by atoms with Crippen LogP contribution in [0.2, 0.25) is 0 Å². The van der Waals surface area contributed by atoms with E-state index in [9.17, 15) is 9.90 Å². The first-order valence-electron chi connectivity index (χ1n) is 9.48. The molecule has 0 bridgehead atoms. The van der Waals surface area contributed by atoms with Crippen LogP contribution in [0.15, 0.2) is 66.9 Å². The number of hydrogen-bond acceptors (Lipinski definition) is 3. The first-order chi connectivity index (χ1) is 13.7. The highest BCUT2D eigenvalue weighted by Crippen LogP contribution is 2.34. The summed E-state index contributed by atoms with van der Waals surface area (Å²) in [7, 11) is 0. The quantitative estimate of drug-likeness (QED) is 0.538. The number of nitrogens with zero attached hydrogens (tertiary/aromatic N) is 3. The van der Waals surface area contributed by atoms with Crippen LogP contribution >= 0.6 is 0 Å². The topological polar surface area (TPSA) is 68.0 Å². The molecular weight excluding hydrogens is 350 g/mol. The summed E-state index contributed by atoms with van der Waals surface area (Å²) in [5, 5.41) is 15.3. The number of rotatable bonds is 4. The van der Waals surface area contributed by atoms with Crippen LogP contribution < -0.4 is 0 Å². The van der Waals surface area contributed by atoms with Crippen molar-refractivity contribution in [1.82, 2.24) is 14.8 Å². The normalized spacial score (nSPS) is 14.1. The number of fused-ring (bicyclic) bond motifs is 1. The van der Waals surface area contributed by atoms with Crippen molar-refractivity contribution in [2.24, 2.45) is 0 Å². The van der Waals surface area contributed by atoms with Gasteiger partial charge in [0, 0.05) is 22.7 Å². The Bertz CT molecular complexity index is 1180. The van der Waals surface area contributed by atoms with Gasteiger partial charge in [-0.2, -0.15) is 5.10 Å². The molecule has 4 aromatic rings. The monoisotopic (exact) mass is 369 g/mol. The molecule has 0 saturated heterocycles. The van der Waals surface area contributed by atoms with Crippen LogP contribution in [0.1, 0.15) is 35.7 Å². The molecule has 1 fully saturated rings. The van der Waals surface area contributed by atoms with Gasteiger partial charge in [0.15, 0.2) is 0 Å². The Morgan fingerprint density at radius 1 is 1.00 bits per heavy atom. The highest BCUT2D eigenvalue weighted by molar-refractivity contribution is 5.96. The van der Waals surface area contributed by atoms with Crippen molar-refractivity contribution in [3.8, 4) is 22.5 Å². The fourth-order valence-electron chi connectivity index (χ4n) is 3.63. The third-order valence-electron chi connectivity index (χ3n) is 5.45. The maximum Gasteiger partial charge on any atom is 0.339 e. The minimum Gasteiger partial charge on any atom is -0.478 e. The first-order valence-corrected chi connectivity index (χ1v) is 9.48. The molecule has 1 aliphatic rings. The lowest BCUT2D eigenvalue weighted by molar-refractivity contribution is 0.0697. The highest BCUT2D eigenvalue weighted by Gasteiger charge is 2.24. The minimum absolute atomic E-state index is 0.241. The number of pyridine rings is 1. The van der Waals surface area contributed by atoms with Gasteiger partial charge in [-0.1, -0.05) is 48.5 Å². The molecule has 2 heterocycles. The number of carbonyl (C=O) groups is 1. The van der Waals surface area contributed by atoms with Crippen molar-refractivity contribution in [2.45, 2.75) is 25.3 Å². The van der Waals surface area contributed by atoms with Crippen LogP contribution in [0.3, 0.4) is 0 Å². The smallest absolute Gasteiger partial charge is 0.339 e. The molecule has 1 aliphatic carbocycles. The molecular formula is C23H19N3O2.